The Morgan fingerprint density at radius 2 is 2.00 bits per heavy atom. The third-order valence-electron chi connectivity index (χ3n) is 4.77. The van der Waals surface area contributed by atoms with Gasteiger partial charge in [0.1, 0.15) is 21.8 Å². The number of halogens is 2. The number of methoxy groups -OCH3 is 1. The number of hydrogen-bond acceptors (Lipinski definition) is 8. The monoisotopic (exact) mass is 488 g/mol. The first kappa shape index (κ1) is 22.8. The van der Waals surface area contributed by atoms with Crippen molar-refractivity contribution in [2.24, 2.45) is 0 Å². The van der Waals surface area contributed by atoms with Crippen LogP contribution in [0.15, 0.2) is 47.2 Å². The standard InChI is InChI=1S/C22H18ClFN4O4S/c1-28(11-13-8-9-32-27-13)10-12-6-7-14-18(19(22(30)31-2)33-21(14)25-12)26-20(29)17-15(23)4-3-5-16(17)24/h3-9H,10-11H2,1-2H3,(H,26,29). The SMILES string of the molecule is COC(=O)c1sc2nc(CN(C)Cc3ccon3)ccc2c1NC(=O)c1c(F)cccc1Cl. The number of fused-ring (bicyclic) bond motifs is 1. The molecule has 1 N–H and O–H groups in total. The van der Waals surface area contributed by atoms with Crippen LogP contribution in [0.25, 0.3) is 10.2 Å². The Bertz CT molecular complexity index is 1310. The van der Waals surface area contributed by atoms with Gasteiger partial charge in [-0.2, -0.15) is 0 Å². The first-order chi connectivity index (χ1) is 15.9. The molecule has 3 heterocycles. The summed E-state index contributed by atoms with van der Waals surface area (Å²) in [4.78, 5) is 32.5. The summed E-state index contributed by atoms with van der Waals surface area (Å²) < 4.78 is 23.9. The van der Waals surface area contributed by atoms with Crippen LogP contribution in [0.1, 0.15) is 31.4 Å². The van der Waals surface area contributed by atoms with Gasteiger partial charge in [0.2, 0.25) is 0 Å². The van der Waals surface area contributed by atoms with E-state index in [1.165, 1.54) is 25.5 Å². The van der Waals surface area contributed by atoms with Crippen LogP contribution in [0.5, 0.6) is 0 Å². The van der Waals surface area contributed by atoms with E-state index in [0.717, 1.165) is 28.8 Å². The van der Waals surface area contributed by atoms with Crippen molar-refractivity contribution >= 4 is 50.7 Å². The zero-order valence-corrected chi connectivity index (χ0v) is 19.2. The molecule has 33 heavy (non-hydrogen) atoms. The fourth-order valence-corrected chi connectivity index (χ4v) is 4.60. The molecule has 0 spiro atoms. The molecule has 0 aliphatic rings. The Morgan fingerprint density at radius 1 is 1.21 bits per heavy atom. The molecule has 0 aliphatic heterocycles. The normalized spacial score (nSPS) is 11.2. The van der Waals surface area contributed by atoms with Gasteiger partial charge in [0.15, 0.2) is 0 Å². The van der Waals surface area contributed by atoms with Gasteiger partial charge in [-0.3, -0.25) is 9.69 Å². The molecular formula is C22H18ClFN4O4S. The molecule has 3 aromatic heterocycles. The number of thiophene rings is 1. The summed E-state index contributed by atoms with van der Waals surface area (Å²) >= 11 is 7.09. The molecule has 170 valence electrons. The molecule has 0 bridgehead atoms. The summed E-state index contributed by atoms with van der Waals surface area (Å²) in [7, 11) is 3.16. The zero-order chi connectivity index (χ0) is 23.5. The Kier molecular flexibility index (Phi) is 6.68. The van der Waals surface area contributed by atoms with Crippen LogP contribution in [0.4, 0.5) is 10.1 Å². The molecule has 0 unspecified atom stereocenters. The molecule has 0 atom stereocenters. The molecule has 4 rings (SSSR count). The lowest BCUT2D eigenvalue weighted by Gasteiger charge is -2.14. The van der Waals surface area contributed by atoms with Crippen LogP contribution in [0.3, 0.4) is 0 Å². The van der Waals surface area contributed by atoms with E-state index in [9.17, 15) is 14.0 Å². The van der Waals surface area contributed by atoms with Crippen LogP contribution in [0, 0.1) is 5.82 Å². The Morgan fingerprint density at radius 3 is 2.70 bits per heavy atom. The number of aromatic nitrogens is 2. The number of nitrogens with zero attached hydrogens (tertiary/aromatic N) is 3. The smallest absolute Gasteiger partial charge is 0.350 e. The second-order valence-corrected chi connectivity index (χ2v) is 8.57. The number of amides is 1. The lowest BCUT2D eigenvalue weighted by atomic mass is 10.1. The van der Waals surface area contributed by atoms with Crippen molar-refractivity contribution in [1.82, 2.24) is 15.0 Å². The molecule has 0 aliphatic carbocycles. The Labute approximate surface area is 196 Å². The molecular weight excluding hydrogens is 471 g/mol. The van der Waals surface area contributed by atoms with Gasteiger partial charge in [-0.05, 0) is 31.3 Å². The molecule has 0 radical (unpaired) electrons. The van der Waals surface area contributed by atoms with Gasteiger partial charge < -0.3 is 14.6 Å². The third kappa shape index (κ3) is 4.87. The highest BCUT2D eigenvalue weighted by atomic mass is 35.5. The largest absolute Gasteiger partial charge is 0.465 e. The molecule has 1 aromatic carbocycles. The van der Waals surface area contributed by atoms with Crippen LogP contribution in [-0.2, 0) is 17.8 Å². The lowest BCUT2D eigenvalue weighted by molar-refractivity contribution is 0.0607. The topological polar surface area (TPSA) is 97.6 Å². The molecule has 0 fully saturated rings. The summed E-state index contributed by atoms with van der Waals surface area (Å²) in [6.07, 6.45) is 1.51. The number of carbonyl (C=O) groups is 2. The summed E-state index contributed by atoms with van der Waals surface area (Å²) in [6.45, 7) is 1.08. The van der Waals surface area contributed by atoms with Crippen molar-refractivity contribution < 1.29 is 23.2 Å². The van der Waals surface area contributed by atoms with Gasteiger partial charge in [-0.25, -0.2) is 14.2 Å². The minimum Gasteiger partial charge on any atom is -0.465 e. The number of nitrogens with one attached hydrogen (secondary N) is 1. The first-order valence-electron chi connectivity index (χ1n) is 9.71. The second-order valence-electron chi connectivity index (χ2n) is 7.17. The highest BCUT2D eigenvalue weighted by molar-refractivity contribution is 7.21. The maximum absolute atomic E-state index is 14.2. The van der Waals surface area contributed by atoms with Crippen LogP contribution in [0.2, 0.25) is 5.02 Å². The average molecular weight is 489 g/mol. The van der Waals surface area contributed by atoms with E-state index < -0.39 is 17.7 Å². The van der Waals surface area contributed by atoms with Crippen LogP contribution in [-0.4, -0.2) is 41.1 Å². The number of benzene rings is 1. The number of pyridine rings is 1. The lowest BCUT2D eigenvalue weighted by Crippen LogP contribution is -2.18. The number of esters is 1. The fourth-order valence-electron chi connectivity index (χ4n) is 3.28. The Balaban J connectivity index is 1.65. The van der Waals surface area contributed by atoms with Gasteiger partial charge in [0.25, 0.3) is 5.91 Å². The summed E-state index contributed by atoms with van der Waals surface area (Å²) in [5, 5.41) is 7.00. The number of ether oxygens (including phenoxy) is 1. The fraction of sp³-hybridized carbons (Fsp3) is 0.182. The van der Waals surface area contributed by atoms with E-state index in [0.29, 0.717) is 23.3 Å². The molecule has 11 heteroatoms. The van der Waals surface area contributed by atoms with Crippen molar-refractivity contribution in [2.45, 2.75) is 13.1 Å². The predicted molar refractivity (Wildman–Crippen MR) is 122 cm³/mol. The summed E-state index contributed by atoms with van der Waals surface area (Å²) in [5.41, 5.74) is 1.43. The highest BCUT2D eigenvalue weighted by Gasteiger charge is 2.24. The molecule has 0 saturated carbocycles. The van der Waals surface area contributed by atoms with E-state index in [-0.39, 0.29) is 21.2 Å². The maximum Gasteiger partial charge on any atom is 0.350 e. The van der Waals surface area contributed by atoms with Crippen molar-refractivity contribution in [1.29, 1.82) is 0 Å². The number of carbonyl (C=O) groups excluding carboxylic acids is 2. The van der Waals surface area contributed by atoms with Crippen LogP contribution >= 0.6 is 22.9 Å². The molecule has 0 saturated heterocycles. The predicted octanol–water partition coefficient (Wildman–Crippen LogP) is 4.75. The number of rotatable bonds is 7. The van der Waals surface area contributed by atoms with E-state index in [1.807, 2.05) is 11.9 Å². The summed E-state index contributed by atoms with van der Waals surface area (Å²) in [5.74, 6) is -2.19. The average Bonchev–Trinajstić information content (AvgIpc) is 3.41. The molecule has 8 nitrogen and oxygen atoms in total. The van der Waals surface area contributed by atoms with Gasteiger partial charge in [0.05, 0.1) is 34.8 Å². The van der Waals surface area contributed by atoms with E-state index in [1.54, 1.807) is 18.2 Å². The van der Waals surface area contributed by atoms with Gasteiger partial charge in [0, 0.05) is 24.5 Å². The summed E-state index contributed by atoms with van der Waals surface area (Å²) in [6, 6.07) is 9.28. The van der Waals surface area contributed by atoms with Gasteiger partial charge >= 0.3 is 5.97 Å². The third-order valence-corrected chi connectivity index (χ3v) is 6.16. The Hall–Kier alpha value is -3.34. The van der Waals surface area contributed by atoms with Gasteiger partial charge in [-0.1, -0.05) is 22.8 Å². The molecule has 1 amide bonds. The van der Waals surface area contributed by atoms with Crippen LogP contribution < -0.4 is 5.32 Å². The van der Waals surface area contributed by atoms with E-state index >= 15 is 0 Å². The van der Waals surface area contributed by atoms with Gasteiger partial charge in [-0.15, -0.1) is 11.3 Å². The quantitative estimate of drug-likeness (QED) is 0.375. The zero-order valence-electron chi connectivity index (χ0n) is 17.6. The second kappa shape index (κ2) is 9.65. The minimum atomic E-state index is -0.778. The first-order valence-corrected chi connectivity index (χ1v) is 10.9. The van der Waals surface area contributed by atoms with Crippen molar-refractivity contribution in [3.05, 3.63) is 75.3 Å². The highest BCUT2D eigenvalue weighted by Crippen LogP contribution is 2.36. The number of hydrogen-bond donors (Lipinski definition) is 1. The van der Waals surface area contributed by atoms with E-state index in [4.69, 9.17) is 20.9 Å². The molecule has 4 aromatic rings. The van der Waals surface area contributed by atoms with Crippen molar-refractivity contribution in [3.8, 4) is 0 Å². The minimum absolute atomic E-state index is 0.0396. The van der Waals surface area contributed by atoms with E-state index in [2.05, 4.69) is 15.5 Å². The number of anilines is 1. The van der Waals surface area contributed by atoms with Crippen molar-refractivity contribution in [3.63, 3.8) is 0 Å². The van der Waals surface area contributed by atoms with Crippen molar-refractivity contribution in [2.75, 3.05) is 19.5 Å². The maximum atomic E-state index is 14.2.